The molecule has 4 heteroatoms. The molecule has 0 radical (unpaired) electrons. The largest absolute Gasteiger partial charge is 0.477 e. The van der Waals surface area contributed by atoms with Gasteiger partial charge in [-0.05, 0) is 6.07 Å². The molecule has 0 aliphatic carbocycles. The Bertz CT molecular complexity index is 319. The molecule has 13 heavy (non-hydrogen) atoms. The molecule has 0 amide bonds. The Labute approximate surface area is 80.9 Å². The third-order valence-corrected chi connectivity index (χ3v) is 2.55. The summed E-state index contributed by atoms with van der Waals surface area (Å²) in [6.07, 6.45) is 1.78. The van der Waals surface area contributed by atoms with Crippen molar-refractivity contribution in [2.75, 3.05) is 18.5 Å². The summed E-state index contributed by atoms with van der Waals surface area (Å²) in [6, 6.07) is 1.66. The van der Waals surface area contributed by atoms with E-state index in [1.165, 1.54) is 11.3 Å². The molecule has 0 spiro atoms. The van der Waals surface area contributed by atoms with Gasteiger partial charge in [-0.3, -0.25) is 0 Å². The van der Waals surface area contributed by atoms with Crippen LogP contribution in [0.2, 0.25) is 0 Å². The van der Waals surface area contributed by atoms with Gasteiger partial charge < -0.3 is 10.0 Å². The summed E-state index contributed by atoms with van der Waals surface area (Å²) in [5, 5.41) is 10.5. The molecule has 1 N–H and O–H groups in total. The van der Waals surface area contributed by atoms with Gasteiger partial charge in [0, 0.05) is 24.7 Å². The van der Waals surface area contributed by atoms with Gasteiger partial charge in [-0.2, -0.15) is 0 Å². The molecule has 1 aromatic rings. The number of hydrogen-bond acceptors (Lipinski definition) is 3. The van der Waals surface area contributed by atoms with Gasteiger partial charge in [0.2, 0.25) is 0 Å². The zero-order valence-corrected chi connectivity index (χ0v) is 8.17. The highest BCUT2D eigenvalue weighted by atomic mass is 32.1. The zero-order chi connectivity index (χ0) is 9.84. The summed E-state index contributed by atoms with van der Waals surface area (Å²) in [7, 11) is 1.90. The topological polar surface area (TPSA) is 40.5 Å². The van der Waals surface area contributed by atoms with Crippen molar-refractivity contribution in [1.29, 1.82) is 0 Å². The van der Waals surface area contributed by atoms with Gasteiger partial charge in [0.05, 0.1) is 0 Å². The predicted octanol–water partition coefficient (Wildman–Crippen LogP) is 2.07. The highest BCUT2D eigenvalue weighted by molar-refractivity contribution is 7.12. The standard InChI is InChI=1S/C9H11NO2S/c1-3-4-10(2)7-5-8(9(11)12)13-6-7/h3,5-6H,1,4H2,2H3,(H,11,12). The molecule has 1 heterocycles. The monoisotopic (exact) mass is 197 g/mol. The number of aromatic carboxylic acids is 1. The molecule has 0 saturated heterocycles. The number of nitrogens with zero attached hydrogens (tertiary/aromatic N) is 1. The average Bonchev–Trinajstić information content (AvgIpc) is 2.52. The van der Waals surface area contributed by atoms with E-state index in [2.05, 4.69) is 6.58 Å². The maximum Gasteiger partial charge on any atom is 0.345 e. The van der Waals surface area contributed by atoms with Crippen molar-refractivity contribution in [3.63, 3.8) is 0 Å². The third-order valence-electron chi connectivity index (χ3n) is 1.64. The van der Waals surface area contributed by atoms with Crippen LogP contribution in [-0.2, 0) is 0 Å². The summed E-state index contributed by atoms with van der Waals surface area (Å²) in [5.41, 5.74) is 0.919. The lowest BCUT2D eigenvalue weighted by Gasteiger charge is -2.13. The van der Waals surface area contributed by atoms with Gasteiger partial charge in [0.15, 0.2) is 0 Å². The quantitative estimate of drug-likeness (QED) is 0.751. The molecule has 3 nitrogen and oxygen atoms in total. The minimum atomic E-state index is -0.872. The molecular formula is C9H11NO2S. The number of hydrogen-bond donors (Lipinski definition) is 1. The van der Waals surface area contributed by atoms with E-state index < -0.39 is 5.97 Å². The van der Waals surface area contributed by atoms with Crippen LogP contribution < -0.4 is 4.90 Å². The summed E-state index contributed by atoms with van der Waals surface area (Å²) >= 11 is 1.24. The number of likely N-dealkylation sites (N-methyl/N-ethyl adjacent to an activating group) is 1. The van der Waals surface area contributed by atoms with Gasteiger partial charge in [0.1, 0.15) is 4.88 Å². The lowest BCUT2D eigenvalue weighted by atomic mass is 10.4. The molecule has 0 saturated carbocycles. The van der Waals surface area contributed by atoms with Crippen molar-refractivity contribution in [2.24, 2.45) is 0 Å². The second-order valence-electron chi connectivity index (χ2n) is 2.64. The van der Waals surface area contributed by atoms with E-state index in [4.69, 9.17) is 5.11 Å². The van der Waals surface area contributed by atoms with E-state index >= 15 is 0 Å². The van der Waals surface area contributed by atoms with Crippen LogP contribution in [-0.4, -0.2) is 24.7 Å². The number of carboxylic acids is 1. The second-order valence-corrected chi connectivity index (χ2v) is 3.55. The predicted molar refractivity (Wildman–Crippen MR) is 54.7 cm³/mol. The Morgan fingerprint density at radius 3 is 3.00 bits per heavy atom. The average molecular weight is 197 g/mol. The van der Waals surface area contributed by atoms with Crippen LogP contribution in [0.5, 0.6) is 0 Å². The number of thiophene rings is 1. The number of rotatable bonds is 4. The second kappa shape index (κ2) is 4.09. The minimum absolute atomic E-state index is 0.367. The Hall–Kier alpha value is -1.29. The molecule has 0 unspecified atom stereocenters. The van der Waals surface area contributed by atoms with E-state index in [0.717, 1.165) is 12.2 Å². The smallest absolute Gasteiger partial charge is 0.345 e. The third kappa shape index (κ3) is 2.32. The highest BCUT2D eigenvalue weighted by Gasteiger charge is 2.08. The van der Waals surface area contributed by atoms with Gasteiger partial charge in [-0.25, -0.2) is 4.79 Å². The van der Waals surface area contributed by atoms with Crippen molar-refractivity contribution < 1.29 is 9.90 Å². The Kier molecular flexibility index (Phi) is 3.08. The molecule has 1 aromatic heterocycles. The molecular weight excluding hydrogens is 186 g/mol. The minimum Gasteiger partial charge on any atom is -0.477 e. The van der Waals surface area contributed by atoms with E-state index in [0.29, 0.717) is 4.88 Å². The first kappa shape index (κ1) is 9.80. The molecule has 0 fully saturated rings. The van der Waals surface area contributed by atoms with Crippen molar-refractivity contribution in [1.82, 2.24) is 0 Å². The first-order valence-corrected chi connectivity index (χ1v) is 4.67. The summed E-state index contributed by atoms with van der Waals surface area (Å²) < 4.78 is 0. The first-order valence-electron chi connectivity index (χ1n) is 3.79. The lowest BCUT2D eigenvalue weighted by molar-refractivity contribution is 0.0702. The van der Waals surface area contributed by atoms with Crippen molar-refractivity contribution >= 4 is 23.0 Å². The van der Waals surface area contributed by atoms with Crippen LogP contribution in [0.4, 0.5) is 5.69 Å². The molecule has 1 rings (SSSR count). The van der Waals surface area contributed by atoms with Crippen LogP contribution in [0, 0.1) is 0 Å². The summed E-state index contributed by atoms with van der Waals surface area (Å²) in [6.45, 7) is 4.33. The highest BCUT2D eigenvalue weighted by Crippen LogP contribution is 2.21. The van der Waals surface area contributed by atoms with Crippen LogP contribution in [0.15, 0.2) is 24.1 Å². The Morgan fingerprint density at radius 2 is 2.54 bits per heavy atom. The fourth-order valence-corrected chi connectivity index (χ4v) is 1.72. The fraction of sp³-hybridized carbons (Fsp3) is 0.222. The zero-order valence-electron chi connectivity index (χ0n) is 7.36. The van der Waals surface area contributed by atoms with Crippen molar-refractivity contribution in [3.8, 4) is 0 Å². The van der Waals surface area contributed by atoms with E-state index in [9.17, 15) is 4.79 Å². The van der Waals surface area contributed by atoms with E-state index in [1.54, 1.807) is 12.1 Å². The van der Waals surface area contributed by atoms with Crippen LogP contribution in [0.1, 0.15) is 9.67 Å². The molecule has 0 atom stereocenters. The fourth-order valence-electron chi connectivity index (χ4n) is 0.938. The first-order chi connectivity index (χ1) is 6.15. The Morgan fingerprint density at radius 1 is 1.85 bits per heavy atom. The maximum atomic E-state index is 10.6. The van der Waals surface area contributed by atoms with Crippen molar-refractivity contribution in [3.05, 3.63) is 29.0 Å². The molecule has 0 aliphatic rings. The number of carboxylic acid groups (broad SMARTS) is 1. The lowest BCUT2D eigenvalue weighted by Crippen LogP contribution is -2.15. The van der Waals surface area contributed by atoms with E-state index in [1.807, 2.05) is 17.3 Å². The number of anilines is 1. The molecule has 0 aliphatic heterocycles. The van der Waals surface area contributed by atoms with Crippen LogP contribution in [0.25, 0.3) is 0 Å². The van der Waals surface area contributed by atoms with Gasteiger partial charge >= 0.3 is 5.97 Å². The SMILES string of the molecule is C=CCN(C)c1csc(C(=O)O)c1. The van der Waals surface area contributed by atoms with E-state index in [-0.39, 0.29) is 0 Å². The van der Waals surface area contributed by atoms with Crippen molar-refractivity contribution in [2.45, 2.75) is 0 Å². The number of carbonyl (C=O) groups is 1. The normalized spacial score (nSPS) is 9.62. The molecule has 0 bridgehead atoms. The summed E-state index contributed by atoms with van der Waals surface area (Å²) in [4.78, 5) is 12.9. The molecule has 0 aromatic carbocycles. The maximum absolute atomic E-state index is 10.6. The van der Waals surface area contributed by atoms with Gasteiger partial charge in [-0.15, -0.1) is 17.9 Å². The Balaban J connectivity index is 2.78. The van der Waals surface area contributed by atoms with Gasteiger partial charge in [-0.1, -0.05) is 6.08 Å². The molecule has 70 valence electrons. The van der Waals surface area contributed by atoms with Gasteiger partial charge in [0.25, 0.3) is 0 Å². The van der Waals surface area contributed by atoms with Crippen LogP contribution in [0.3, 0.4) is 0 Å². The summed E-state index contributed by atoms with van der Waals surface area (Å²) in [5.74, 6) is -0.872. The van der Waals surface area contributed by atoms with Crippen LogP contribution >= 0.6 is 11.3 Å².